The van der Waals surface area contributed by atoms with Crippen molar-refractivity contribution in [3.8, 4) is 0 Å². The highest BCUT2D eigenvalue weighted by molar-refractivity contribution is 7.92. The largest absolute Gasteiger partial charge is 0.370 e. The highest BCUT2D eigenvalue weighted by Gasteiger charge is 2.32. The molecule has 8 nitrogen and oxygen atoms in total. The number of piperidine rings is 1. The van der Waals surface area contributed by atoms with Gasteiger partial charge in [0.2, 0.25) is 0 Å². The van der Waals surface area contributed by atoms with Crippen LogP contribution < -0.4 is 10.2 Å². The van der Waals surface area contributed by atoms with Crippen LogP contribution in [0.3, 0.4) is 0 Å². The van der Waals surface area contributed by atoms with E-state index < -0.39 is 14.6 Å². The molecule has 1 saturated heterocycles. The summed E-state index contributed by atoms with van der Waals surface area (Å²) >= 11 is 0. The first-order valence-electron chi connectivity index (χ1n) is 9.80. The van der Waals surface area contributed by atoms with Gasteiger partial charge in [-0.15, -0.1) is 0 Å². The number of anilines is 1. The van der Waals surface area contributed by atoms with Gasteiger partial charge in [-0.05, 0) is 51.7 Å². The smallest absolute Gasteiger partial charge is 0.254 e. The number of carbonyl (C=O) groups excluding carboxylic acids is 1. The first-order valence-corrected chi connectivity index (χ1v) is 11.3. The van der Waals surface area contributed by atoms with Crippen LogP contribution in [0.5, 0.6) is 0 Å². The highest BCUT2D eigenvalue weighted by Crippen LogP contribution is 2.26. The fourth-order valence-corrected chi connectivity index (χ4v) is 4.37. The summed E-state index contributed by atoms with van der Waals surface area (Å²) in [6, 6.07) is 3.42. The molecule has 0 atom stereocenters. The zero-order valence-electron chi connectivity index (χ0n) is 17.4. The van der Waals surface area contributed by atoms with E-state index in [0.717, 1.165) is 31.6 Å². The molecule has 0 aliphatic carbocycles. The van der Waals surface area contributed by atoms with Gasteiger partial charge in [0.15, 0.2) is 14.9 Å². The number of amides is 1. The summed E-state index contributed by atoms with van der Waals surface area (Å²) in [5, 5.41) is 7.11. The van der Waals surface area contributed by atoms with Gasteiger partial charge < -0.3 is 10.2 Å². The van der Waals surface area contributed by atoms with Crippen molar-refractivity contribution in [2.75, 3.05) is 24.5 Å². The monoisotopic (exact) mass is 419 g/mol. The Kier molecular flexibility index (Phi) is 5.97. The zero-order valence-corrected chi connectivity index (χ0v) is 18.2. The summed E-state index contributed by atoms with van der Waals surface area (Å²) < 4.78 is 25.7. The van der Waals surface area contributed by atoms with E-state index in [1.165, 1.54) is 0 Å². The van der Waals surface area contributed by atoms with Gasteiger partial charge in [-0.1, -0.05) is 0 Å². The van der Waals surface area contributed by atoms with Gasteiger partial charge in [0.05, 0.1) is 28.4 Å². The average molecular weight is 420 g/mol. The van der Waals surface area contributed by atoms with Crippen molar-refractivity contribution in [2.24, 2.45) is 13.0 Å². The number of nitrogens with one attached hydrogen (secondary N) is 1. The minimum absolute atomic E-state index is 0.0969. The van der Waals surface area contributed by atoms with E-state index in [-0.39, 0.29) is 10.9 Å². The summed E-state index contributed by atoms with van der Waals surface area (Å²) in [4.78, 5) is 18.6. The standard InChI is InChI=1S/C20H29N5O3S/c1-20(2,3)29(27,28)18-6-5-17(13-21-18)25-9-7-15(8-10-25)11-22-19(26)16-12-23-24(4)14-16/h5-6,12-15H,7-11H2,1-4H3,(H,22,26). The van der Waals surface area contributed by atoms with Crippen molar-refractivity contribution in [1.29, 1.82) is 0 Å². The Morgan fingerprint density at radius 2 is 1.90 bits per heavy atom. The summed E-state index contributed by atoms with van der Waals surface area (Å²) in [6.07, 6.45) is 6.82. The van der Waals surface area contributed by atoms with Crippen LogP contribution >= 0.6 is 0 Å². The van der Waals surface area contributed by atoms with Crippen LogP contribution in [0.15, 0.2) is 35.7 Å². The van der Waals surface area contributed by atoms with Crippen molar-refractivity contribution < 1.29 is 13.2 Å². The molecule has 0 aromatic carbocycles. The van der Waals surface area contributed by atoms with Crippen molar-refractivity contribution in [2.45, 2.75) is 43.4 Å². The summed E-state index contributed by atoms with van der Waals surface area (Å²) in [5.74, 6) is 0.320. The first kappa shape index (κ1) is 21.3. The third kappa shape index (κ3) is 4.77. The van der Waals surface area contributed by atoms with Gasteiger partial charge in [-0.2, -0.15) is 5.10 Å². The van der Waals surface area contributed by atoms with E-state index in [2.05, 4.69) is 20.3 Å². The van der Waals surface area contributed by atoms with Crippen LogP contribution in [0.2, 0.25) is 0 Å². The molecule has 0 unspecified atom stereocenters. The molecule has 0 radical (unpaired) electrons. The lowest BCUT2D eigenvalue weighted by Crippen LogP contribution is -2.38. The second-order valence-electron chi connectivity index (χ2n) is 8.51. The van der Waals surface area contributed by atoms with Crippen molar-refractivity contribution >= 4 is 21.4 Å². The van der Waals surface area contributed by atoms with E-state index in [0.29, 0.717) is 18.0 Å². The molecule has 0 bridgehead atoms. The molecule has 158 valence electrons. The predicted octanol–water partition coefficient (Wildman–Crippen LogP) is 2.03. The molecule has 3 heterocycles. The maximum atomic E-state index is 12.5. The van der Waals surface area contributed by atoms with E-state index in [1.807, 2.05) is 6.07 Å². The number of hydrogen-bond acceptors (Lipinski definition) is 6. The maximum absolute atomic E-state index is 12.5. The number of rotatable bonds is 5. The molecule has 1 aliphatic heterocycles. The van der Waals surface area contributed by atoms with Gasteiger partial charge in [0, 0.05) is 32.9 Å². The Morgan fingerprint density at radius 3 is 2.41 bits per heavy atom. The number of nitrogens with zero attached hydrogens (tertiary/aromatic N) is 4. The minimum atomic E-state index is -3.45. The van der Waals surface area contributed by atoms with Gasteiger partial charge in [-0.3, -0.25) is 9.48 Å². The molecule has 3 rings (SSSR count). The van der Waals surface area contributed by atoms with Gasteiger partial charge in [-0.25, -0.2) is 13.4 Å². The maximum Gasteiger partial charge on any atom is 0.254 e. The van der Waals surface area contributed by atoms with Crippen LogP contribution in [-0.4, -0.2) is 53.5 Å². The summed E-state index contributed by atoms with van der Waals surface area (Å²) in [7, 11) is -1.66. The molecule has 1 fully saturated rings. The molecule has 1 N–H and O–H groups in total. The molecule has 9 heteroatoms. The fraction of sp³-hybridized carbons (Fsp3) is 0.550. The molecule has 1 aliphatic rings. The summed E-state index contributed by atoms with van der Waals surface area (Å²) in [5.41, 5.74) is 1.50. The quantitative estimate of drug-likeness (QED) is 0.796. The SMILES string of the molecule is Cn1cc(C(=O)NCC2CCN(c3ccc(S(=O)(=O)C(C)(C)C)nc3)CC2)cn1. The Labute approximate surface area is 172 Å². The van der Waals surface area contributed by atoms with Crippen molar-refractivity contribution in [3.63, 3.8) is 0 Å². The Morgan fingerprint density at radius 1 is 1.21 bits per heavy atom. The predicted molar refractivity (Wildman–Crippen MR) is 112 cm³/mol. The molecule has 29 heavy (non-hydrogen) atoms. The molecular weight excluding hydrogens is 390 g/mol. The van der Waals surface area contributed by atoms with Gasteiger partial charge in [0.1, 0.15) is 0 Å². The van der Waals surface area contributed by atoms with Crippen LogP contribution in [-0.2, 0) is 16.9 Å². The van der Waals surface area contributed by atoms with E-state index in [1.54, 1.807) is 57.2 Å². The molecular formula is C20H29N5O3S. The Hall–Kier alpha value is -2.42. The number of carbonyl (C=O) groups is 1. The Balaban J connectivity index is 1.52. The second kappa shape index (κ2) is 8.14. The number of sulfone groups is 1. The van der Waals surface area contributed by atoms with Gasteiger partial charge in [0.25, 0.3) is 5.91 Å². The lowest BCUT2D eigenvalue weighted by Gasteiger charge is -2.33. The van der Waals surface area contributed by atoms with E-state index in [9.17, 15) is 13.2 Å². The first-order chi connectivity index (χ1) is 13.6. The van der Waals surface area contributed by atoms with Crippen LogP contribution in [0.1, 0.15) is 44.0 Å². The van der Waals surface area contributed by atoms with Gasteiger partial charge >= 0.3 is 0 Å². The van der Waals surface area contributed by atoms with Crippen LogP contribution in [0.25, 0.3) is 0 Å². The van der Waals surface area contributed by atoms with E-state index >= 15 is 0 Å². The second-order valence-corrected chi connectivity index (χ2v) is 11.2. The molecule has 1 amide bonds. The topological polar surface area (TPSA) is 97.2 Å². The summed E-state index contributed by atoms with van der Waals surface area (Å²) in [6.45, 7) is 7.37. The number of hydrogen-bond donors (Lipinski definition) is 1. The number of pyridine rings is 1. The molecule has 0 saturated carbocycles. The molecule has 2 aromatic heterocycles. The van der Waals surface area contributed by atoms with E-state index in [4.69, 9.17) is 0 Å². The third-order valence-electron chi connectivity index (χ3n) is 5.30. The highest BCUT2D eigenvalue weighted by atomic mass is 32.2. The lowest BCUT2D eigenvalue weighted by atomic mass is 9.96. The third-order valence-corrected chi connectivity index (χ3v) is 7.70. The Bertz CT molecular complexity index is 953. The molecule has 0 spiro atoms. The lowest BCUT2D eigenvalue weighted by molar-refractivity contribution is 0.0945. The normalized spacial score (nSPS) is 16.1. The average Bonchev–Trinajstić information content (AvgIpc) is 3.12. The number of aromatic nitrogens is 3. The fourth-order valence-electron chi connectivity index (χ4n) is 3.31. The zero-order chi connectivity index (χ0) is 21.2. The van der Waals surface area contributed by atoms with Crippen LogP contribution in [0.4, 0.5) is 5.69 Å². The van der Waals surface area contributed by atoms with Crippen LogP contribution in [0, 0.1) is 5.92 Å². The van der Waals surface area contributed by atoms with Crippen molar-refractivity contribution in [3.05, 3.63) is 36.3 Å². The molecule has 2 aromatic rings. The minimum Gasteiger partial charge on any atom is -0.370 e. The van der Waals surface area contributed by atoms with Crippen molar-refractivity contribution in [1.82, 2.24) is 20.1 Å². The number of aryl methyl sites for hydroxylation is 1.